The molecule has 0 aliphatic heterocycles. The summed E-state index contributed by atoms with van der Waals surface area (Å²) in [6.45, 7) is 1.26. The standard InChI is InChI=1S/C14H20FNO/c15-12-5-6-13-11(10-12)4-7-14(13)16-8-2-1-3-9-17/h5-6,10,14,16-17H,1-4,7-9H2. The van der Waals surface area contributed by atoms with Crippen LogP contribution in [0.25, 0.3) is 0 Å². The quantitative estimate of drug-likeness (QED) is 0.745. The van der Waals surface area contributed by atoms with E-state index in [-0.39, 0.29) is 12.4 Å². The molecule has 0 saturated carbocycles. The Hall–Kier alpha value is -0.930. The third kappa shape index (κ3) is 3.27. The molecule has 2 rings (SSSR count). The van der Waals surface area contributed by atoms with Crippen molar-refractivity contribution < 1.29 is 9.50 Å². The molecule has 1 aromatic carbocycles. The molecule has 94 valence electrons. The summed E-state index contributed by atoms with van der Waals surface area (Å²) in [6.07, 6.45) is 5.08. The SMILES string of the molecule is OCCCCCNC1CCc2cc(F)ccc21. The van der Waals surface area contributed by atoms with Gasteiger partial charge in [-0.05, 0) is 61.9 Å². The van der Waals surface area contributed by atoms with E-state index in [1.165, 1.54) is 5.56 Å². The highest BCUT2D eigenvalue weighted by Crippen LogP contribution is 2.31. The highest BCUT2D eigenvalue weighted by molar-refractivity contribution is 5.34. The molecule has 0 saturated heterocycles. The summed E-state index contributed by atoms with van der Waals surface area (Å²) in [7, 11) is 0. The van der Waals surface area contributed by atoms with E-state index in [0.717, 1.165) is 44.2 Å². The van der Waals surface area contributed by atoms with Gasteiger partial charge in [0.25, 0.3) is 0 Å². The zero-order valence-corrected chi connectivity index (χ0v) is 10.1. The second-order valence-corrected chi connectivity index (χ2v) is 4.67. The summed E-state index contributed by atoms with van der Waals surface area (Å²) in [5, 5.41) is 12.2. The zero-order chi connectivity index (χ0) is 12.1. The lowest BCUT2D eigenvalue weighted by atomic mass is 10.1. The summed E-state index contributed by atoms with van der Waals surface area (Å²) in [5.74, 6) is -0.132. The molecule has 0 bridgehead atoms. The van der Waals surface area contributed by atoms with Gasteiger partial charge in [0.2, 0.25) is 0 Å². The number of hydrogen-bond donors (Lipinski definition) is 2. The number of halogens is 1. The fourth-order valence-corrected chi connectivity index (χ4v) is 2.49. The van der Waals surface area contributed by atoms with Crippen LogP contribution >= 0.6 is 0 Å². The van der Waals surface area contributed by atoms with Crippen molar-refractivity contribution in [1.82, 2.24) is 5.32 Å². The molecule has 1 aliphatic carbocycles. The van der Waals surface area contributed by atoms with Crippen molar-refractivity contribution in [2.45, 2.75) is 38.1 Å². The van der Waals surface area contributed by atoms with Gasteiger partial charge in [0, 0.05) is 12.6 Å². The Morgan fingerprint density at radius 2 is 2.18 bits per heavy atom. The lowest BCUT2D eigenvalue weighted by molar-refractivity contribution is 0.282. The number of nitrogens with one attached hydrogen (secondary N) is 1. The maximum absolute atomic E-state index is 13.0. The molecule has 1 aliphatic rings. The van der Waals surface area contributed by atoms with Crippen molar-refractivity contribution in [1.29, 1.82) is 0 Å². The van der Waals surface area contributed by atoms with E-state index < -0.39 is 0 Å². The third-order valence-corrected chi connectivity index (χ3v) is 3.41. The molecule has 0 amide bonds. The average molecular weight is 237 g/mol. The minimum absolute atomic E-state index is 0.132. The van der Waals surface area contributed by atoms with E-state index in [9.17, 15) is 4.39 Å². The molecule has 0 fully saturated rings. The van der Waals surface area contributed by atoms with Gasteiger partial charge in [-0.15, -0.1) is 0 Å². The number of aliphatic hydroxyl groups is 1. The van der Waals surface area contributed by atoms with E-state index in [1.807, 2.05) is 6.07 Å². The van der Waals surface area contributed by atoms with Gasteiger partial charge in [-0.1, -0.05) is 6.07 Å². The van der Waals surface area contributed by atoms with Crippen LogP contribution in [0, 0.1) is 5.82 Å². The monoisotopic (exact) mass is 237 g/mol. The highest BCUT2D eigenvalue weighted by Gasteiger charge is 2.21. The number of benzene rings is 1. The number of aryl methyl sites for hydroxylation is 1. The molecule has 0 radical (unpaired) electrons. The Morgan fingerprint density at radius 3 is 3.00 bits per heavy atom. The second kappa shape index (κ2) is 6.12. The predicted molar refractivity (Wildman–Crippen MR) is 66.4 cm³/mol. The first kappa shape index (κ1) is 12.5. The third-order valence-electron chi connectivity index (χ3n) is 3.41. The van der Waals surface area contributed by atoms with Gasteiger partial charge in [-0.25, -0.2) is 4.39 Å². The normalized spacial score (nSPS) is 18.4. The molecule has 1 unspecified atom stereocenters. The first-order valence-electron chi connectivity index (χ1n) is 6.44. The van der Waals surface area contributed by atoms with Gasteiger partial charge < -0.3 is 10.4 Å². The molecular weight excluding hydrogens is 217 g/mol. The Bertz CT molecular complexity index is 367. The first-order chi connectivity index (χ1) is 8.31. The molecular formula is C14H20FNO. The molecule has 1 aromatic rings. The molecule has 2 nitrogen and oxygen atoms in total. The lowest BCUT2D eigenvalue weighted by Gasteiger charge is -2.13. The van der Waals surface area contributed by atoms with Crippen LogP contribution in [0.3, 0.4) is 0 Å². The molecule has 1 atom stereocenters. The summed E-state index contributed by atoms with van der Waals surface area (Å²) >= 11 is 0. The van der Waals surface area contributed by atoms with Crippen LogP contribution < -0.4 is 5.32 Å². The van der Waals surface area contributed by atoms with E-state index in [4.69, 9.17) is 5.11 Å². The smallest absolute Gasteiger partial charge is 0.123 e. The fraction of sp³-hybridized carbons (Fsp3) is 0.571. The van der Waals surface area contributed by atoms with Crippen LogP contribution in [0.2, 0.25) is 0 Å². The zero-order valence-electron chi connectivity index (χ0n) is 10.1. The first-order valence-corrected chi connectivity index (χ1v) is 6.44. The summed E-state index contributed by atoms with van der Waals surface area (Å²) in [5.41, 5.74) is 2.41. The van der Waals surface area contributed by atoms with Crippen molar-refractivity contribution in [3.05, 3.63) is 35.1 Å². The summed E-state index contributed by atoms with van der Waals surface area (Å²) in [4.78, 5) is 0. The van der Waals surface area contributed by atoms with E-state index >= 15 is 0 Å². The van der Waals surface area contributed by atoms with Gasteiger partial charge >= 0.3 is 0 Å². The van der Waals surface area contributed by atoms with Gasteiger partial charge in [-0.2, -0.15) is 0 Å². The topological polar surface area (TPSA) is 32.3 Å². The maximum atomic E-state index is 13.0. The average Bonchev–Trinajstić information content (AvgIpc) is 2.71. The number of fused-ring (bicyclic) bond motifs is 1. The molecule has 2 N–H and O–H groups in total. The Kier molecular flexibility index (Phi) is 4.51. The molecule has 0 spiro atoms. The lowest BCUT2D eigenvalue weighted by Crippen LogP contribution is -2.20. The molecule has 17 heavy (non-hydrogen) atoms. The number of rotatable bonds is 6. The fourth-order valence-electron chi connectivity index (χ4n) is 2.49. The molecule has 0 aromatic heterocycles. The Balaban J connectivity index is 1.81. The highest BCUT2D eigenvalue weighted by atomic mass is 19.1. The van der Waals surface area contributed by atoms with Gasteiger partial charge in [0.15, 0.2) is 0 Å². The second-order valence-electron chi connectivity index (χ2n) is 4.67. The summed E-state index contributed by atoms with van der Waals surface area (Å²) in [6, 6.07) is 5.50. The Morgan fingerprint density at radius 1 is 1.29 bits per heavy atom. The van der Waals surface area contributed by atoms with Gasteiger partial charge in [0.05, 0.1) is 0 Å². The van der Waals surface area contributed by atoms with Crippen LogP contribution in [-0.2, 0) is 6.42 Å². The largest absolute Gasteiger partial charge is 0.396 e. The number of aliphatic hydroxyl groups excluding tert-OH is 1. The number of hydrogen-bond acceptors (Lipinski definition) is 2. The van der Waals surface area contributed by atoms with Crippen molar-refractivity contribution in [2.75, 3.05) is 13.2 Å². The minimum Gasteiger partial charge on any atom is -0.396 e. The van der Waals surface area contributed by atoms with Crippen LogP contribution in [0.5, 0.6) is 0 Å². The predicted octanol–water partition coefficient (Wildman–Crippen LogP) is 2.57. The van der Waals surface area contributed by atoms with Crippen LogP contribution in [0.1, 0.15) is 42.9 Å². The molecule has 3 heteroatoms. The van der Waals surface area contributed by atoms with Crippen LogP contribution in [0.4, 0.5) is 4.39 Å². The van der Waals surface area contributed by atoms with Crippen molar-refractivity contribution >= 4 is 0 Å². The number of unbranched alkanes of at least 4 members (excludes halogenated alkanes) is 2. The van der Waals surface area contributed by atoms with Gasteiger partial charge in [-0.3, -0.25) is 0 Å². The van der Waals surface area contributed by atoms with E-state index in [2.05, 4.69) is 5.32 Å². The maximum Gasteiger partial charge on any atom is 0.123 e. The van der Waals surface area contributed by atoms with Gasteiger partial charge in [0.1, 0.15) is 5.82 Å². The van der Waals surface area contributed by atoms with Crippen molar-refractivity contribution in [3.63, 3.8) is 0 Å². The van der Waals surface area contributed by atoms with E-state index in [0.29, 0.717) is 6.04 Å². The Labute approximate surface area is 102 Å². The van der Waals surface area contributed by atoms with Crippen LogP contribution in [0.15, 0.2) is 18.2 Å². The summed E-state index contributed by atoms with van der Waals surface area (Å²) < 4.78 is 13.0. The minimum atomic E-state index is -0.132. The van der Waals surface area contributed by atoms with E-state index in [1.54, 1.807) is 12.1 Å². The van der Waals surface area contributed by atoms with Crippen molar-refractivity contribution in [2.24, 2.45) is 0 Å². The van der Waals surface area contributed by atoms with Crippen LogP contribution in [-0.4, -0.2) is 18.3 Å². The van der Waals surface area contributed by atoms with Crippen molar-refractivity contribution in [3.8, 4) is 0 Å². The molecule has 0 heterocycles.